The second-order valence-corrected chi connectivity index (χ2v) is 6.80. The minimum Gasteiger partial charge on any atom is -0.436 e. The summed E-state index contributed by atoms with van der Waals surface area (Å²) in [5.74, 6) is -0.259. The maximum absolute atomic E-state index is 11.9. The molecule has 1 aliphatic heterocycles. The monoisotopic (exact) mass is 361 g/mol. The number of hydrogen-bond donors (Lipinski definition) is 0. The van der Waals surface area contributed by atoms with Gasteiger partial charge in [0.15, 0.2) is 5.58 Å². The van der Waals surface area contributed by atoms with Crippen molar-refractivity contribution < 1.29 is 14.0 Å². The van der Waals surface area contributed by atoms with Gasteiger partial charge in [0.05, 0.1) is 22.5 Å². The number of para-hydroxylation sites is 1. The number of fused-ring (bicyclic) bond motifs is 2. The molecule has 0 N–H and O–H groups in total. The zero-order valence-electron chi connectivity index (χ0n) is 13.4. The molecule has 1 aliphatic rings. The van der Waals surface area contributed by atoms with Gasteiger partial charge in [-0.1, -0.05) is 18.2 Å². The predicted molar refractivity (Wildman–Crippen MR) is 99.7 cm³/mol. The third kappa shape index (κ3) is 2.36. The topological polar surface area (TPSA) is 76.3 Å². The second-order valence-electron chi connectivity index (χ2n) is 5.88. The predicted octanol–water partition coefficient (Wildman–Crippen LogP) is 3.61. The number of amides is 1. The van der Waals surface area contributed by atoms with E-state index in [-0.39, 0.29) is 5.75 Å². The van der Waals surface area contributed by atoms with Gasteiger partial charge in [0, 0.05) is 11.6 Å². The van der Waals surface area contributed by atoms with Gasteiger partial charge in [0.25, 0.3) is 0 Å². The van der Waals surface area contributed by atoms with E-state index in [1.807, 2.05) is 30.3 Å². The van der Waals surface area contributed by atoms with Crippen molar-refractivity contribution in [2.24, 2.45) is 0 Å². The summed E-state index contributed by atoms with van der Waals surface area (Å²) >= 11 is 1.19. The Morgan fingerprint density at radius 2 is 1.92 bits per heavy atom. The molecule has 0 radical (unpaired) electrons. The lowest BCUT2D eigenvalue weighted by Gasteiger charge is -2.11. The molecule has 1 fully saturated rings. The second kappa shape index (κ2) is 5.67. The number of Topliss-reactive ketones (excluding diaryl/α,β-unsaturated/α-hetero) is 1. The quantitative estimate of drug-likeness (QED) is 0.401. The number of oxazole rings is 1. The standard InChI is InChI=1S/C19H11N3O3S/c23-16-10-26-22(19(16)24)13-5-6-17-15(8-13)21-18(25-17)12-7-11-3-1-2-4-14(11)20-9-12/h1-9H,10H2. The van der Waals surface area contributed by atoms with Crippen LogP contribution in [0.4, 0.5) is 5.69 Å². The minimum atomic E-state index is -0.503. The summed E-state index contributed by atoms with van der Waals surface area (Å²) in [5, 5.41) is 1.01. The van der Waals surface area contributed by atoms with Crippen molar-refractivity contribution in [3.05, 3.63) is 54.7 Å². The molecule has 1 amide bonds. The van der Waals surface area contributed by atoms with Gasteiger partial charge in [0.2, 0.25) is 11.7 Å². The van der Waals surface area contributed by atoms with Crippen molar-refractivity contribution >= 4 is 51.3 Å². The fourth-order valence-electron chi connectivity index (χ4n) is 2.90. The van der Waals surface area contributed by atoms with Crippen molar-refractivity contribution in [3.63, 3.8) is 0 Å². The zero-order chi connectivity index (χ0) is 17.7. The molecule has 0 unspecified atom stereocenters. The van der Waals surface area contributed by atoms with Gasteiger partial charge >= 0.3 is 5.91 Å². The Bertz CT molecular complexity index is 1200. The van der Waals surface area contributed by atoms with Gasteiger partial charge in [-0.15, -0.1) is 0 Å². The molecule has 0 spiro atoms. The van der Waals surface area contributed by atoms with Crippen LogP contribution in [0.5, 0.6) is 0 Å². The minimum absolute atomic E-state index is 0.170. The van der Waals surface area contributed by atoms with E-state index in [9.17, 15) is 9.59 Å². The first kappa shape index (κ1) is 15.1. The molecule has 5 rings (SSSR count). The number of hydrogen-bond acceptors (Lipinski definition) is 6. The first-order valence-corrected chi connectivity index (χ1v) is 8.89. The van der Waals surface area contributed by atoms with Crippen LogP contribution in [0.25, 0.3) is 33.5 Å². The first-order valence-electron chi connectivity index (χ1n) is 7.95. The highest BCUT2D eigenvalue weighted by atomic mass is 32.2. The highest BCUT2D eigenvalue weighted by molar-refractivity contribution is 8.03. The third-order valence-corrected chi connectivity index (χ3v) is 5.22. The van der Waals surface area contributed by atoms with Crippen LogP contribution in [-0.2, 0) is 9.59 Å². The number of anilines is 1. The average Bonchev–Trinajstić information content (AvgIpc) is 3.24. The third-order valence-electron chi connectivity index (χ3n) is 4.19. The fraction of sp³-hybridized carbons (Fsp3) is 0.0526. The van der Waals surface area contributed by atoms with Crippen molar-refractivity contribution in [1.29, 1.82) is 0 Å². The highest BCUT2D eigenvalue weighted by Gasteiger charge is 2.32. The fourth-order valence-corrected chi connectivity index (χ4v) is 3.75. The SMILES string of the molecule is O=C1CSN(c2ccc3oc(-c4cnc5ccccc5c4)nc3c2)C1=O. The number of pyridine rings is 1. The van der Waals surface area contributed by atoms with E-state index < -0.39 is 11.7 Å². The van der Waals surface area contributed by atoms with Crippen LogP contribution < -0.4 is 4.31 Å². The zero-order valence-corrected chi connectivity index (χ0v) is 14.2. The Balaban J connectivity index is 1.57. The largest absolute Gasteiger partial charge is 0.436 e. The van der Waals surface area contributed by atoms with Crippen molar-refractivity contribution in [1.82, 2.24) is 9.97 Å². The molecule has 2 aromatic carbocycles. The van der Waals surface area contributed by atoms with Crippen molar-refractivity contribution in [2.45, 2.75) is 0 Å². The number of carbonyl (C=O) groups excluding carboxylic acids is 2. The molecule has 7 heteroatoms. The summed E-state index contributed by atoms with van der Waals surface area (Å²) in [6, 6.07) is 15.1. The molecule has 26 heavy (non-hydrogen) atoms. The van der Waals surface area contributed by atoms with Gasteiger partial charge in [-0.3, -0.25) is 14.6 Å². The van der Waals surface area contributed by atoms with Gasteiger partial charge < -0.3 is 4.42 Å². The summed E-state index contributed by atoms with van der Waals surface area (Å²) < 4.78 is 7.24. The van der Waals surface area contributed by atoms with Gasteiger partial charge in [-0.2, -0.15) is 0 Å². The number of nitrogens with zero attached hydrogens (tertiary/aromatic N) is 3. The number of rotatable bonds is 2. The summed E-state index contributed by atoms with van der Waals surface area (Å²) in [6.45, 7) is 0. The van der Waals surface area contributed by atoms with Crippen LogP contribution in [-0.4, -0.2) is 27.4 Å². The molecule has 0 bridgehead atoms. The Morgan fingerprint density at radius 3 is 2.77 bits per heavy atom. The molecule has 1 saturated heterocycles. The lowest BCUT2D eigenvalue weighted by atomic mass is 10.1. The normalized spacial score (nSPS) is 14.7. The Labute approximate surface area is 152 Å². The summed E-state index contributed by atoms with van der Waals surface area (Å²) in [5.41, 5.74) is 3.54. The van der Waals surface area contributed by atoms with Gasteiger partial charge in [-0.25, -0.2) is 9.29 Å². The highest BCUT2D eigenvalue weighted by Crippen LogP contribution is 2.32. The molecular weight excluding hydrogens is 350 g/mol. The maximum atomic E-state index is 11.9. The van der Waals surface area contributed by atoms with Gasteiger partial charge in [-0.05, 0) is 42.3 Å². The van der Waals surface area contributed by atoms with Crippen LogP contribution in [0.15, 0.2) is 59.1 Å². The van der Waals surface area contributed by atoms with Crippen molar-refractivity contribution in [3.8, 4) is 11.5 Å². The van der Waals surface area contributed by atoms with Crippen molar-refractivity contribution in [2.75, 3.05) is 10.1 Å². The number of aromatic nitrogens is 2. The Kier molecular flexibility index (Phi) is 3.29. The number of carbonyl (C=O) groups is 2. The lowest BCUT2D eigenvalue weighted by molar-refractivity contribution is -0.133. The number of ketones is 1. The van der Waals surface area contributed by atoms with E-state index in [2.05, 4.69) is 9.97 Å². The molecule has 3 heterocycles. The molecular formula is C19H11N3O3S. The van der Waals surface area contributed by atoms with E-state index in [1.165, 1.54) is 16.3 Å². The van der Waals surface area contributed by atoms with Crippen LogP contribution in [0, 0.1) is 0 Å². The summed E-state index contributed by atoms with van der Waals surface area (Å²) in [4.78, 5) is 32.3. The van der Waals surface area contributed by atoms with Crippen LogP contribution >= 0.6 is 11.9 Å². The summed E-state index contributed by atoms with van der Waals surface area (Å²) in [6.07, 6.45) is 1.73. The average molecular weight is 361 g/mol. The van der Waals surface area contributed by atoms with Gasteiger partial charge in [0.1, 0.15) is 5.52 Å². The Hall–Kier alpha value is -3.19. The Morgan fingerprint density at radius 1 is 1.04 bits per heavy atom. The van der Waals surface area contributed by atoms with Crippen LogP contribution in [0.3, 0.4) is 0 Å². The molecule has 0 aliphatic carbocycles. The molecule has 0 atom stereocenters. The first-order chi connectivity index (χ1) is 12.7. The summed E-state index contributed by atoms with van der Waals surface area (Å²) in [7, 11) is 0. The van der Waals surface area contributed by atoms with Crippen LogP contribution in [0.1, 0.15) is 0 Å². The molecule has 0 saturated carbocycles. The van der Waals surface area contributed by atoms with E-state index in [0.717, 1.165) is 16.5 Å². The smallest absolute Gasteiger partial charge is 0.305 e. The molecule has 4 aromatic rings. The molecule has 6 nitrogen and oxygen atoms in total. The van der Waals surface area contributed by atoms with Crippen LogP contribution in [0.2, 0.25) is 0 Å². The van der Waals surface area contributed by atoms with E-state index in [0.29, 0.717) is 22.7 Å². The van der Waals surface area contributed by atoms with E-state index in [1.54, 1.807) is 24.4 Å². The molecule has 126 valence electrons. The maximum Gasteiger partial charge on any atom is 0.305 e. The van der Waals surface area contributed by atoms with E-state index >= 15 is 0 Å². The lowest BCUT2D eigenvalue weighted by Crippen LogP contribution is -2.22. The molecule has 2 aromatic heterocycles. The van der Waals surface area contributed by atoms with E-state index in [4.69, 9.17) is 4.42 Å². The number of benzene rings is 2.